The van der Waals surface area contributed by atoms with Gasteiger partial charge in [-0.15, -0.1) is 48.8 Å². The largest absolute Gasteiger partial charge is 0.509 e. The van der Waals surface area contributed by atoms with Crippen LogP contribution in [-0.2, 0) is 42.7 Å². The number of fused-ring (bicyclic) bond motifs is 1. The number of ether oxygens (including phenoxy) is 1. The zero-order valence-corrected chi connectivity index (χ0v) is 41.7. The quantitative estimate of drug-likeness (QED) is 0.142. The number of aromatic nitrogens is 1. The first kappa shape index (κ1) is 46.4. The van der Waals surface area contributed by atoms with Crippen LogP contribution in [-0.4, -0.2) is 4.98 Å². The molecule has 0 aliphatic carbocycles. The fraction of sp³-hybridized carbons (Fsp3) is 0.276. The van der Waals surface area contributed by atoms with Gasteiger partial charge >= 0.3 is 0 Å². The van der Waals surface area contributed by atoms with Crippen LogP contribution in [0.15, 0.2) is 146 Å². The van der Waals surface area contributed by atoms with E-state index in [2.05, 4.69) is 232 Å². The molecule has 0 bridgehead atoms. The summed E-state index contributed by atoms with van der Waals surface area (Å²) in [7, 11) is 0. The van der Waals surface area contributed by atoms with Crippen LogP contribution in [0.25, 0.3) is 11.1 Å². The van der Waals surface area contributed by atoms with Gasteiger partial charge in [-0.05, 0) is 91.9 Å². The van der Waals surface area contributed by atoms with Gasteiger partial charge in [0.05, 0.1) is 0 Å². The first-order valence-corrected chi connectivity index (χ1v) is 22.1. The van der Waals surface area contributed by atoms with Crippen LogP contribution in [0, 0.1) is 18.8 Å². The van der Waals surface area contributed by atoms with Crippen LogP contribution >= 0.6 is 0 Å². The van der Waals surface area contributed by atoms with E-state index in [1.54, 1.807) is 0 Å². The van der Waals surface area contributed by atoms with Crippen molar-refractivity contribution >= 4 is 39.9 Å². The van der Waals surface area contributed by atoms with Gasteiger partial charge in [0.25, 0.3) is 0 Å². The zero-order valence-electron chi connectivity index (χ0n) is 39.4. The summed E-state index contributed by atoms with van der Waals surface area (Å²) in [4.78, 5) is 11.7. The normalized spacial score (nSPS) is 13.1. The van der Waals surface area contributed by atoms with Crippen molar-refractivity contribution in [2.24, 2.45) is 0 Å². The molecule has 5 nitrogen and oxygen atoms in total. The maximum atomic E-state index is 6.69. The van der Waals surface area contributed by atoms with Crippen LogP contribution in [0.4, 0.5) is 39.9 Å². The predicted octanol–water partition coefficient (Wildman–Crippen LogP) is 16.2. The second-order valence-corrected chi connectivity index (χ2v) is 20.9. The molecule has 1 aromatic heterocycles. The molecular formula is C58H61N4OPt-3. The Balaban J connectivity index is 0.00000612. The Morgan fingerprint density at radius 3 is 1.69 bits per heavy atom. The van der Waals surface area contributed by atoms with E-state index in [9.17, 15) is 0 Å². The Hall–Kier alpha value is -5.64. The van der Waals surface area contributed by atoms with Gasteiger partial charge in [0.1, 0.15) is 5.82 Å². The number of nitrogens with zero attached hydrogens (tertiary/aromatic N) is 4. The van der Waals surface area contributed by atoms with E-state index in [4.69, 9.17) is 9.72 Å². The fourth-order valence-corrected chi connectivity index (χ4v) is 7.94. The van der Waals surface area contributed by atoms with Crippen molar-refractivity contribution in [3.05, 3.63) is 187 Å². The Kier molecular flexibility index (Phi) is 12.8. The first-order chi connectivity index (χ1) is 29.7. The fourth-order valence-electron chi connectivity index (χ4n) is 7.94. The minimum Gasteiger partial charge on any atom is -0.509 e. The van der Waals surface area contributed by atoms with E-state index in [-0.39, 0.29) is 42.7 Å². The van der Waals surface area contributed by atoms with Gasteiger partial charge in [0.15, 0.2) is 0 Å². The number of hydrogen-bond acceptors (Lipinski definition) is 5. The molecule has 0 atom stereocenters. The van der Waals surface area contributed by atoms with E-state index >= 15 is 0 Å². The minimum absolute atomic E-state index is 0. The molecule has 0 radical (unpaired) electrons. The monoisotopic (exact) mass is 1020 g/mol. The van der Waals surface area contributed by atoms with Gasteiger partial charge in [0.2, 0.25) is 0 Å². The summed E-state index contributed by atoms with van der Waals surface area (Å²) >= 11 is 0. The first-order valence-electron chi connectivity index (χ1n) is 22.1. The van der Waals surface area contributed by atoms with Crippen molar-refractivity contribution in [3.8, 4) is 22.6 Å². The third-order valence-electron chi connectivity index (χ3n) is 11.8. The molecule has 0 saturated carbocycles. The molecule has 0 N–H and O–H groups in total. The van der Waals surface area contributed by atoms with Crippen LogP contribution in [0.5, 0.6) is 11.5 Å². The second kappa shape index (κ2) is 17.7. The molecule has 1 aliphatic rings. The van der Waals surface area contributed by atoms with Crippen LogP contribution in [0.1, 0.15) is 105 Å². The minimum atomic E-state index is -0.0666. The van der Waals surface area contributed by atoms with Crippen molar-refractivity contribution in [3.63, 3.8) is 0 Å². The number of hydrogen-bond donors (Lipinski definition) is 0. The molecule has 64 heavy (non-hydrogen) atoms. The standard InChI is InChI=1S/C58H61N4O.Pt/c1-55(2,3)41-28-29-50(40-20-14-13-15-21-40)53(35-41)61-39-60(51-26-16-17-27-52(51)61)45-22-18-24-48(37-45)63-49-25-19-23-46(38-49)62(54-36-42(30-31-59-54)56(4,5)6)47-33-43(57(7,8)9)32-44(34-47)58(10,11)12;/h13-36,39H,1-12H3;/q-3;. The topological polar surface area (TPSA) is 31.8 Å². The van der Waals surface area contributed by atoms with E-state index in [0.717, 1.165) is 39.9 Å². The van der Waals surface area contributed by atoms with Crippen LogP contribution in [0.3, 0.4) is 0 Å². The maximum absolute atomic E-state index is 6.69. The molecule has 1 aliphatic heterocycles. The zero-order chi connectivity index (χ0) is 44.9. The third kappa shape index (κ3) is 9.86. The molecule has 0 fully saturated rings. The summed E-state index contributed by atoms with van der Waals surface area (Å²) in [6.45, 7) is 29.3. The Morgan fingerprint density at radius 2 is 1.06 bits per heavy atom. The molecule has 2 heterocycles. The molecule has 7 aromatic rings. The van der Waals surface area contributed by atoms with E-state index in [1.165, 1.54) is 33.4 Å². The van der Waals surface area contributed by atoms with Gasteiger partial charge in [-0.25, -0.2) is 4.98 Å². The number of benzene rings is 6. The Bertz CT molecular complexity index is 2720. The average Bonchev–Trinajstić information content (AvgIpc) is 3.63. The number of anilines is 7. The summed E-state index contributed by atoms with van der Waals surface area (Å²) in [5, 5.41) is 0. The molecule has 6 aromatic carbocycles. The van der Waals surface area contributed by atoms with Crippen molar-refractivity contribution in [1.82, 2.24) is 4.98 Å². The molecule has 0 amide bonds. The molecule has 0 spiro atoms. The van der Waals surface area contributed by atoms with Crippen molar-refractivity contribution < 1.29 is 25.8 Å². The number of para-hydroxylation sites is 2. The summed E-state index contributed by atoms with van der Waals surface area (Å²) < 4.78 is 6.69. The van der Waals surface area contributed by atoms with E-state index < -0.39 is 0 Å². The van der Waals surface area contributed by atoms with Gasteiger partial charge in [-0.3, -0.25) is 0 Å². The Morgan fingerprint density at radius 1 is 0.500 bits per heavy atom. The summed E-state index contributed by atoms with van der Waals surface area (Å²) in [5.74, 6) is 2.00. The van der Waals surface area contributed by atoms with Crippen LogP contribution in [0.2, 0.25) is 0 Å². The van der Waals surface area contributed by atoms with Gasteiger partial charge in [0, 0.05) is 67.1 Å². The van der Waals surface area contributed by atoms with E-state index in [0.29, 0.717) is 11.5 Å². The third-order valence-corrected chi connectivity index (χ3v) is 11.8. The smallest absolute Gasteiger partial charge is 0.135 e. The Labute approximate surface area is 397 Å². The summed E-state index contributed by atoms with van der Waals surface area (Å²) in [6, 6.07) is 56.7. The molecule has 0 saturated heterocycles. The van der Waals surface area contributed by atoms with Crippen LogP contribution < -0.4 is 19.4 Å². The van der Waals surface area contributed by atoms with Gasteiger partial charge < -0.3 is 19.4 Å². The van der Waals surface area contributed by atoms with Gasteiger partial charge in [-0.2, -0.15) is 12.1 Å². The number of rotatable bonds is 8. The molecule has 0 unspecified atom stereocenters. The summed E-state index contributed by atoms with van der Waals surface area (Å²) in [5.41, 5.74) is 13.1. The second-order valence-electron chi connectivity index (χ2n) is 20.9. The number of pyridine rings is 1. The maximum Gasteiger partial charge on any atom is 0.135 e. The average molecular weight is 1030 g/mol. The molecular weight excluding hydrogens is 964 g/mol. The SMILES string of the molecule is CC(C)(C)c1cc(N(c2[c-]c(Oc3[c-]c(N4[CH-]N(c5cc(C(C)(C)C)ccc5-c5ccccc5)c5ccccc54)ccc3)ccc2)c2cc(C(C)(C)C)ccn2)cc(C(C)(C)C)c1.[Pt]. The van der Waals surface area contributed by atoms with Crippen molar-refractivity contribution in [2.75, 3.05) is 14.7 Å². The van der Waals surface area contributed by atoms with Gasteiger partial charge in [-0.1, -0.05) is 149 Å². The van der Waals surface area contributed by atoms with E-state index in [1.807, 2.05) is 30.5 Å². The predicted molar refractivity (Wildman–Crippen MR) is 265 cm³/mol. The summed E-state index contributed by atoms with van der Waals surface area (Å²) in [6.07, 6.45) is 1.92. The van der Waals surface area contributed by atoms with Crippen molar-refractivity contribution in [2.45, 2.75) is 105 Å². The molecule has 6 heteroatoms. The molecule has 8 rings (SSSR count). The molecule has 332 valence electrons. The van der Waals surface area contributed by atoms with Crippen molar-refractivity contribution in [1.29, 1.82) is 0 Å².